The van der Waals surface area contributed by atoms with E-state index in [1.165, 1.54) is 22.1 Å². The first-order valence-corrected chi connectivity index (χ1v) is 12.0. The molecule has 3 heterocycles. The second-order valence-corrected chi connectivity index (χ2v) is 9.44. The number of aliphatic imine (C=N–C) groups is 1. The topological polar surface area (TPSA) is 107 Å². The van der Waals surface area contributed by atoms with E-state index in [1.54, 1.807) is 32.6 Å². The Morgan fingerprint density at radius 1 is 1.10 bits per heavy atom. The van der Waals surface area contributed by atoms with E-state index in [4.69, 9.17) is 10.5 Å². The summed E-state index contributed by atoms with van der Waals surface area (Å²) >= 11 is 0. The van der Waals surface area contributed by atoms with E-state index in [-0.39, 0.29) is 29.3 Å². The highest BCUT2D eigenvalue weighted by Gasteiger charge is 2.26. The molecule has 0 aliphatic heterocycles. The van der Waals surface area contributed by atoms with Gasteiger partial charge in [0.2, 0.25) is 0 Å². The first-order valence-electron chi connectivity index (χ1n) is 12.0. The molecular formula is C28H30F3N5O3. The van der Waals surface area contributed by atoms with Crippen LogP contribution in [0.2, 0.25) is 0 Å². The molecule has 3 aromatic heterocycles. The minimum atomic E-state index is -4.47. The van der Waals surface area contributed by atoms with Gasteiger partial charge in [-0.05, 0) is 38.0 Å². The van der Waals surface area contributed by atoms with Gasteiger partial charge in [-0.25, -0.2) is 0 Å². The molecule has 1 aromatic carbocycles. The Balaban J connectivity index is 0.00000441. The number of para-hydroxylation sites is 1. The van der Waals surface area contributed by atoms with E-state index in [9.17, 15) is 22.8 Å². The maximum absolute atomic E-state index is 13.1. The number of benzene rings is 1. The predicted octanol–water partition coefficient (Wildman–Crippen LogP) is 5.21. The third-order valence-electron chi connectivity index (χ3n) is 6.27. The lowest BCUT2D eigenvalue weighted by Crippen LogP contribution is -2.18. The van der Waals surface area contributed by atoms with Crippen molar-refractivity contribution >= 4 is 22.7 Å². The van der Waals surface area contributed by atoms with E-state index in [0.717, 1.165) is 17.3 Å². The van der Waals surface area contributed by atoms with Crippen LogP contribution in [-0.2, 0) is 14.1 Å². The Kier molecular flexibility index (Phi) is 7.27. The summed E-state index contributed by atoms with van der Waals surface area (Å²) in [6.07, 6.45) is -0.275. The summed E-state index contributed by atoms with van der Waals surface area (Å²) in [5.41, 5.74) is 8.95. The Morgan fingerprint density at radius 3 is 2.38 bits per heavy atom. The van der Waals surface area contributed by atoms with E-state index in [0.29, 0.717) is 33.7 Å². The van der Waals surface area contributed by atoms with Gasteiger partial charge in [0.05, 0.1) is 6.20 Å². The standard InChI is InChI=1S/C28H28F3N5O3.H2/c1-15-7-6-8-16(2)26(15)39-23-13-35(4)24(37)10-18(23)21-12-36(5)27(38)25-19(21)9-22(34-25)20(17(3)32)11-33-14-28(29,30)31;/h6-13,34H,14,32H2,1-5H3;1H/b20-17+,33-11?;. The molecule has 0 radical (unpaired) electrons. The number of hydrogen-bond donors (Lipinski definition) is 2. The number of hydrogen-bond acceptors (Lipinski definition) is 5. The maximum atomic E-state index is 13.1. The zero-order valence-corrected chi connectivity index (χ0v) is 22.1. The average Bonchev–Trinajstić information content (AvgIpc) is 3.28. The normalized spacial score (nSPS) is 12.8. The minimum Gasteiger partial charge on any atom is -0.455 e. The molecule has 0 aliphatic rings. The van der Waals surface area contributed by atoms with Crippen LogP contribution in [0.25, 0.3) is 27.6 Å². The number of pyridine rings is 2. The van der Waals surface area contributed by atoms with Crippen molar-refractivity contribution < 1.29 is 19.3 Å². The Labute approximate surface area is 223 Å². The third kappa shape index (κ3) is 5.66. The molecule has 4 rings (SSSR count). The van der Waals surface area contributed by atoms with Gasteiger partial charge in [0.1, 0.15) is 17.8 Å². The summed E-state index contributed by atoms with van der Waals surface area (Å²) in [6, 6.07) is 8.77. The first-order chi connectivity index (χ1) is 18.3. The minimum absolute atomic E-state index is 0. The van der Waals surface area contributed by atoms with E-state index in [2.05, 4.69) is 9.98 Å². The summed E-state index contributed by atoms with van der Waals surface area (Å²) in [5.74, 6) is 1.02. The highest BCUT2D eigenvalue weighted by Crippen LogP contribution is 2.38. The summed E-state index contributed by atoms with van der Waals surface area (Å²) in [7, 11) is 3.17. The molecule has 0 saturated carbocycles. The second kappa shape index (κ2) is 10.3. The summed E-state index contributed by atoms with van der Waals surface area (Å²) in [6.45, 7) is 3.98. The number of aromatic nitrogens is 3. The van der Waals surface area contributed by atoms with Gasteiger partial charge in [0.25, 0.3) is 11.1 Å². The number of halogens is 3. The SMILES string of the molecule is C/C(N)=C(/C=NCC(F)(F)F)c1cc2c(-c3cc(=O)n(C)cc3Oc3c(C)cccc3C)cn(C)c(=O)c2[nH]1.[HH]. The van der Waals surface area contributed by atoms with Crippen LogP contribution in [0.5, 0.6) is 11.5 Å². The van der Waals surface area contributed by atoms with Gasteiger partial charge >= 0.3 is 6.18 Å². The Morgan fingerprint density at radius 2 is 1.77 bits per heavy atom. The van der Waals surface area contributed by atoms with Crippen molar-refractivity contribution in [3.8, 4) is 22.6 Å². The molecule has 8 nitrogen and oxygen atoms in total. The number of H-pyrrole nitrogens is 1. The van der Waals surface area contributed by atoms with Crippen molar-refractivity contribution in [1.82, 2.24) is 14.1 Å². The van der Waals surface area contributed by atoms with Crippen LogP contribution in [0, 0.1) is 13.8 Å². The molecule has 11 heteroatoms. The maximum Gasteiger partial charge on any atom is 0.407 e. The average molecular weight is 542 g/mol. The zero-order valence-electron chi connectivity index (χ0n) is 22.1. The molecule has 4 aromatic rings. The fourth-order valence-electron chi connectivity index (χ4n) is 4.29. The van der Waals surface area contributed by atoms with Crippen molar-refractivity contribution in [3.63, 3.8) is 0 Å². The largest absolute Gasteiger partial charge is 0.455 e. The third-order valence-corrected chi connectivity index (χ3v) is 6.27. The van der Waals surface area contributed by atoms with E-state index in [1.807, 2.05) is 32.0 Å². The lowest BCUT2D eigenvalue weighted by atomic mass is 10.0. The molecule has 0 spiro atoms. The van der Waals surface area contributed by atoms with Gasteiger partial charge < -0.3 is 24.6 Å². The van der Waals surface area contributed by atoms with Gasteiger partial charge in [0.15, 0.2) is 5.75 Å². The first kappa shape index (κ1) is 27.5. The molecule has 0 atom stereocenters. The number of nitrogens with two attached hydrogens (primary N) is 1. The monoisotopic (exact) mass is 541 g/mol. The van der Waals surface area contributed by atoms with Crippen LogP contribution >= 0.6 is 0 Å². The Hall–Kier alpha value is -4.54. The zero-order chi connectivity index (χ0) is 28.6. The smallest absolute Gasteiger partial charge is 0.407 e. The number of nitrogens with one attached hydrogen (secondary N) is 1. The molecule has 0 saturated heterocycles. The fraction of sp³-hybridized carbons (Fsp3) is 0.250. The van der Waals surface area contributed by atoms with Crippen molar-refractivity contribution in [3.05, 3.63) is 86.0 Å². The van der Waals surface area contributed by atoms with E-state index >= 15 is 0 Å². The van der Waals surface area contributed by atoms with E-state index < -0.39 is 12.7 Å². The highest BCUT2D eigenvalue weighted by atomic mass is 19.4. The van der Waals surface area contributed by atoms with Crippen LogP contribution in [0.3, 0.4) is 0 Å². The predicted molar refractivity (Wildman–Crippen MR) is 149 cm³/mol. The molecule has 0 bridgehead atoms. The number of nitrogens with zero attached hydrogens (tertiary/aromatic N) is 3. The van der Waals surface area contributed by atoms with Gasteiger partial charge in [-0.3, -0.25) is 14.6 Å². The number of fused-ring (bicyclic) bond motifs is 1. The number of ether oxygens (including phenoxy) is 1. The highest BCUT2D eigenvalue weighted by molar-refractivity contribution is 6.12. The number of rotatable bonds is 6. The lowest BCUT2D eigenvalue weighted by Gasteiger charge is -2.17. The van der Waals surface area contributed by atoms with Gasteiger partial charge in [0, 0.05) is 67.5 Å². The molecule has 39 heavy (non-hydrogen) atoms. The van der Waals surface area contributed by atoms with Crippen molar-refractivity contribution in [2.45, 2.75) is 26.9 Å². The fourth-order valence-corrected chi connectivity index (χ4v) is 4.29. The van der Waals surface area contributed by atoms with Gasteiger partial charge in [-0.1, -0.05) is 18.2 Å². The Bertz CT molecular complexity index is 1740. The van der Waals surface area contributed by atoms with Crippen molar-refractivity contribution in [2.75, 3.05) is 6.54 Å². The van der Waals surface area contributed by atoms with Crippen LogP contribution in [0.4, 0.5) is 13.2 Å². The molecule has 3 N–H and O–H groups in total. The molecule has 0 unspecified atom stereocenters. The number of aromatic amines is 1. The van der Waals surface area contributed by atoms with Crippen molar-refractivity contribution in [1.29, 1.82) is 0 Å². The number of alkyl halides is 3. The quantitative estimate of drug-likeness (QED) is 0.327. The van der Waals surface area contributed by atoms with Gasteiger partial charge in [-0.15, -0.1) is 0 Å². The summed E-state index contributed by atoms with van der Waals surface area (Å²) < 4.78 is 47.1. The lowest BCUT2D eigenvalue weighted by molar-refractivity contribution is -0.118. The summed E-state index contributed by atoms with van der Waals surface area (Å²) in [5, 5.41) is 0.440. The van der Waals surface area contributed by atoms with Crippen LogP contribution in [0.15, 0.2) is 63.0 Å². The molecule has 0 aliphatic carbocycles. The molecule has 0 amide bonds. The number of aryl methyl sites for hydroxylation is 4. The molecule has 206 valence electrons. The van der Waals surface area contributed by atoms with Crippen LogP contribution < -0.4 is 21.6 Å². The van der Waals surface area contributed by atoms with Crippen LogP contribution in [-0.4, -0.2) is 33.1 Å². The summed E-state index contributed by atoms with van der Waals surface area (Å²) in [4.78, 5) is 32.3. The molecule has 0 fully saturated rings. The number of allylic oxidation sites excluding steroid dienone is 2. The van der Waals surface area contributed by atoms with Crippen LogP contribution in [0.1, 0.15) is 25.2 Å². The van der Waals surface area contributed by atoms with Gasteiger partial charge in [-0.2, -0.15) is 13.2 Å². The van der Waals surface area contributed by atoms with Crippen molar-refractivity contribution in [2.24, 2.45) is 24.8 Å². The second-order valence-electron chi connectivity index (χ2n) is 9.44. The molecular weight excluding hydrogens is 511 g/mol.